The number of phenols is 1. The van der Waals surface area contributed by atoms with Crippen molar-refractivity contribution in [2.75, 3.05) is 14.2 Å². The number of aromatic nitrogens is 3. The zero-order chi connectivity index (χ0) is 14.7. The normalized spacial score (nSPS) is 10.3. The van der Waals surface area contributed by atoms with E-state index in [1.54, 1.807) is 32.2 Å². The molecule has 0 radical (unpaired) electrons. The summed E-state index contributed by atoms with van der Waals surface area (Å²) in [6.45, 7) is 2.03. The average Bonchev–Trinajstić information content (AvgIpc) is 2.83. The lowest BCUT2D eigenvalue weighted by atomic mass is 10.1. The van der Waals surface area contributed by atoms with Crippen molar-refractivity contribution in [3.8, 4) is 11.5 Å². The van der Waals surface area contributed by atoms with E-state index < -0.39 is 0 Å². The van der Waals surface area contributed by atoms with Crippen molar-refractivity contribution < 1.29 is 14.6 Å². The maximum Gasteiger partial charge on any atom is 0.257 e. The van der Waals surface area contributed by atoms with Crippen molar-refractivity contribution in [2.24, 2.45) is 0 Å². The van der Waals surface area contributed by atoms with E-state index in [4.69, 9.17) is 4.74 Å². The number of carbonyl (C=O) groups excluding carboxylic acids is 1. The number of aryl methyl sites for hydroxylation is 1. The van der Waals surface area contributed by atoms with Gasteiger partial charge in [-0.15, -0.1) is 0 Å². The van der Waals surface area contributed by atoms with Gasteiger partial charge in [-0.2, -0.15) is 5.10 Å². The fourth-order valence-corrected chi connectivity index (χ4v) is 1.81. The van der Waals surface area contributed by atoms with E-state index in [0.29, 0.717) is 11.6 Å². The highest BCUT2D eigenvalue weighted by molar-refractivity contribution is 5.97. The predicted molar refractivity (Wildman–Crippen MR) is 71.6 cm³/mol. The van der Waals surface area contributed by atoms with Gasteiger partial charge in [0.2, 0.25) is 0 Å². The van der Waals surface area contributed by atoms with Crippen LogP contribution < -0.4 is 4.74 Å². The van der Waals surface area contributed by atoms with Crippen molar-refractivity contribution in [1.29, 1.82) is 0 Å². The molecular weight excluding hydrogens is 260 g/mol. The Hall–Kier alpha value is -2.57. The highest BCUT2D eigenvalue weighted by Gasteiger charge is 2.19. The van der Waals surface area contributed by atoms with E-state index >= 15 is 0 Å². The Morgan fingerprint density at radius 1 is 1.50 bits per heavy atom. The zero-order valence-corrected chi connectivity index (χ0v) is 11.5. The van der Waals surface area contributed by atoms with Gasteiger partial charge in [0.15, 0.2) is 17.3 Å². The van der Waals surface area contributed by atoms with Crippen LogP contribution in [-0.4, -0.2) is 45.3 Å². The van der Waals surface area contributed by atoms with E-state index in [2.05, 4.69) is 15.2 Å². The topological polar surface area (TPSA) is 91.3 Å². The number of hydrogen-bond donors (Lipinski definition) is 2. The van der Waals surface area contributed by atoms with Gasteiger partial charge in [-0.1, -0.05) is 6.07 Å². The third-order valence-corrected chi connectivity index (χ3v) is 2.82. The first kappa shape index (κ1) is 13.9. The summed E-state index contributed by atoms with van der Waals surface area (Å²) >= 11 is 0. The minimum atomic E-state index is -0.330. The number of nitrogens with zero attached hydrogens (tertiary/aromatic N) is 3. The van der Waals surface area contributed by atoms with Crippen LogP contribution in [0.2, 0.25) is 0 Å². The number of methoxy groups -OCH3 is 1. The Morgan fingerprint density at radius 2 is 2.25 bits per heavy atom. The largest absolute Gasteiger partial charge is 0.504 e. The number of hydrogen-bond acceptors (Lipinski definition) is 5. The smallest absolute Gasteiger partial charge is 0.257 e. The Morgan fingerprint density at radius 3 is 2.85 bits per heavy atom. The number of nitrogens with one attached hydrogen (secondary N) is 1. The molecule has 20 heavy (non-hydrogen) atoms. The Bertz CT molecular complexity index is 624. The van der Waals surface area contributed by atoms with Crippen molar-refractivity contribution in [3.05, 3.63) is 35.4 Å². The van der Waals surface area contributed by atoms with Crippen molar-refractivity contribution in [3.63, 3.8) is 0 Å². The van der Waals surface area contributed by atoms with Crippen LogP contribution in [0.5, 0.6) is 11.5 Å². The lowest BCUT2D eigenvalue weighted by Crippen LogP contribution is -2.26. The van der Waals surface area contributed by atoms with Gasteiger partial charge >= 0.3 is 0 Å². The monoisotopic (exact) mass is 276 g/mol. The van der Waals surface area contributed by atoms with Crippen LogP contribution in [0.4, 0.5) is 0 Å². The molecule has 0 bridgehead atoms. The summed E-state index contributed by atoms with van der Waals surface area (Å²) in [4.78, 5) is 17.9. The van der Waals surface area contributed by atoms with E-state index in [0.717, 1.165) is 0 Å². The molecule has 0 saturated heterocycles. The summed E-state index contributed by atoms with van der Waals surface area (Å²) in [5, 5.41) is 16.7. The molecule has 0 fully saturated rings. The van der Waals surface area contributed by atoms with E-state index in [9.17, 15) is 9.90 Å². The van der Waals surface area contributed by atoms with Crippen LogP contribution in [0.3, 0.4) is 0 Å². The van der Waals surface area contributed by atoms with Gasteiger partial charge in [-0.25, -0.2) is 4.98 Å². The molecule has 1 heterocycles. The highest BCUT2D eigenvalue weighted by Crippen LogP contribution is 2.30. The van der Waals surface area contributed by atoms with Gasteiger partial charge < -0.3 is 14.7 Å². The number of amides is 1. The third kappa shape index (κ3) is 2.71. The van der Waals surface area contributed by atoms with Crippen molar-refractivity contribution >= 4 is 5.91 Å². The number of rotatable bonds is 4. The van der Waals surface area contributed by atoms with Gasteiger partial charge in [-0.3, -0.25) is 9.89 Å². The molecule has 7 heteroatoms. The zero-order valence-electron chi connectivity index (χ0n) is 11.5. The Labute approximate surface area is 116 Å². The van der Waals surface area contributed by atoms with Crippen molar-refractivity contribution in [2.45, 2.75) is 13.5 Å². The molecule has 1 amide bonds. The maximum atomic E-state index is 12.3. The number of aromatic hydroxyl groups is 1. The number of carbonyl (C=O) groups is 1. The molecule has 1 aromatic heterocycles. The molecule has 1 aromatic carbocycles. The average molecular weight is 276 g/mol. The first-order chi connectivity index (χ1) is 9.52. The third-order valence-electron chi connectivity index (χ3n) is 2.82. The van der Waals surface area contributed by atoms with Crippen LogP contribution in [0.25, 0.3) is 0 Å². The van der Waals surface area contributed by atoms with Gasteiger partial charge in [0.05, 0.1) is 19.2 Å². The summed E-state index contributed by atoms with van der Waals surface area (Å²) < 4.78 is 4.99. The van der Waals surface area contributed by atoms with E-state index in [1.807, 2.05) is 0 Å². The molecule has 2 aromatic rings. The lowest BCUT2D eigenvalue weighted by molar-refractivity contribution is 0.0778. The molecule has 0 aliphatic heterocycles. The van der Waals surface area contributed by atoms with Crippen LogP contribution in [0, 0.1) is 6.92 Å². The van der Waals surface area contributed by atoms with Gasteiger partial charge in [0, 0.05) is 7.05 Å². The predicted octanol–water partition coefficient (Wildman–Crippen LogP) is 1.10. The molecular formula is C13H16N4O3. The second kappa shape index (κ2) is 5.60. The quantitative estimate of drug-likeness (QED) is 0.872. The molecule has 106 valence electrons. The minimum absolute atomic E-state index is 0.169. The fraction of sp³-hybridized carbons (Fsp3) is 0.308. The van der Waals surface area contributed by atoms with Crippen molar-refractivity contribution in [1.82, 2.24) is 20.1 Å². The highest BCUT2D eigenvalue weighted by atomic mass is 16.5. The molecule has 0 atom stereocenters. The van der Waals surface area contributed by atoms with Crippen LogP contribution in [0.1, 0.15) is 22.0 Å². The SMILES string of the molecule is COc1cccc(C(=O)N(C)Cc2n[nH]c(C)n2)c1O. The number of H-pyrrole nitrogens is 1. The number of para-hydroxylation sites is 1. The summed E-state index contributed by atoms with van der Waals surface area (Å²) in [5.41, 5.74) is 0.180. The summed E-state index contributed by atoms with van der Waals surface area (Å²) in [6, 6.07) is 4.78. The molecule has 7 nitrogen and oxygen atoms in total. The molecule has 0 spiro atoms. The molecule has 0 unspecified atom stereocenters. The first-order valence-corrected chi connectivity index (χ1v) is 6.02. The first-order valence-electron chi connectivity index (χ1n) is 6.02. The Kier molecular flexibility index (Phi) is 3.88. The Balaban J connectivity index is 2.18. The second-order valence-corrected chi connectivity index (χ2v) is 4.35. The van der Waals surface area contributed by atoms with Crippen LogP contribution >= 0.6 is 0 Å². The van der Waals surface area contributed by atoms with E-state index in [1.165, 1.54) is 12.0 Å². The number of ether oxygens (including phenoxy) is 1. The molecule has 0 aliphatic carbocycles. The standard InChI is InChI=1S/C13H16N4O3/c1-8-14-11(16-15-8)7-17(2)13(19)9-5-4-6-10(20-3)12(9)18/h4-6,18H,7H2,1-3H3,(H,14,15,16). The molecule has 0 saturated carbocycles. The van der Waals surface area contributed by atoms with E-state index in [-0.39, 0.29) is 29.5 Å². The summed E-state index contributed by atoms with van der Waals surface area (Å²) in [6.07, 6.45) is 0. The maximum absolute atomic E-state index is 12.3. The summed E-state index contributed by atoms with van der Waals surface area (Å²) in [7, 11) is 3.05. The minimum Gasteiger partial charge on any atom is -0.504 e. The molecule has 0 aliphatic rings. The molecule has 2 rings (SSSR count). The van der Waals surface area contributed by atoms with Gasteiger partial charge in [0.1, 0.15) is 5.82 Å². The van der Waals surface area contributed by atoms with Crippen LogP contribution in [-0.2, 0) is 6.54 Å². The van der Waals surface area contributed by atoms with Gasteiger partial charge in [-0.05, 0) is 19.1 Å². The fourth-order valence-electron chi connectivity index (χ4n) is 1.81. The number of aromatic amines is 1. The van der Waals surface area contributed by atoms with Crippen LogP contribution in [0.15, 0.2) is 18.2 Å². The second-order valence-electron chi connectivity index (χ2n) is 4.35. The summed E-state index contributed by atoms with van der Waals surface area (Å²) in [5.74, 6) is 0.964. The van der Waals surface area contributed by atoms with Gasteiger partial charge in [0.25, 0.3) is 5.91 Å². The molecule has 2 N–H and O–H groups in total. The lowest BCUT2D eigenvalue weighted by Gasteiger charge is -2.16. The number of phenolic OH excluding ortho intramolecular Hbond substituents is 1. The number of benzene rings is 1.